The molecule has 2 aromatic rings. The SMILES string of the molecule is CCc1ncc(C(=O)Nc2cccc(Cl)c2F)s1. The molecule has 0 aliphatic rings. The van der Waals surface area contributed by atoms with Crippen molar-refractivity contribution in [2.75, 3.05) is 5.32 Å². The maximum absolute atomic E-state index is 13.6. The third-order valence-corrected chi connectivity index (χ3v) is 3.71. The molecule has 0 saturated heterocycles. The van der Waals surface area contributed by atoms with Crippen molar-refractivity contribution >= 4 is 34.5 Å². The number of amides is 1. The molecule has 0 bridgehead atoms. The van der Waals surface area contributed by atoms with Crippen LogP contribution in [0.4, 0.5) is 10.1 Å². The molecule has 1 heterocycles. The normalized spacial score (nSPS) is 10.4. The maximum atomic E-state index is 13.6. The largest absolute Gasteiger partial charge is 0.319 e. The number of hydrogen-bond acceptors (Lipinski definition) is 3. The van der Waals surface area contributed by atoms with Gasteiger partial charge in [-0.05, 0) is 18.6 Å². The zero-order chi connectivity index (χ0) is 13.1. The lowest BCUT2D eigenvalue weighted by molar-refractivity contribution is 0.103. The summed E-state index contributed by atoms with van der Waals surface area (Å²) in [5.41, 5.74) is 0.0685. The molecule has 0 fully saturated rings. The molecule has 3 nitrogen and oxygen atoms in total. The van der Waals surface area contributed by atoms with Gasteiger partial charge in [-0.3, -0.25) is 4.79 Å². The van der Waals surface area contributed by atoms with Gasteiger partial charge in [0, 0.05) is 0 Å². The van der Waals surface area contributed by atoms with E-state index in [-0.39, 0.29) is 16.6 Å². The monoisotopic (exact) mass is 284 g/mol. The van der Waals surface area contributed by atoms with Crippen molar-refractivity contribution in [1.29, 1.82) is 0 Å². The average molecular weight is 285 g/mol. The highest BCUT2D eigenvalue weighted by Gasteiger charge is 2.13. The quantitative estimate of drug-likeness (QED) is 0.933. The Hall–Kier alpha value is -1.46. The first-order chi connectivity index (χ1) is 8.61. The van der Waals surface area contributed by atoms with Crippen LogP contribution in [0.1, 0.15) is 21.6 Å². The predicted molar refractivity (Wildman–Crippen MR) is 70.9 cm³/mol. The van der Waals surface area contributed by atoms with Crippen molar-refractivity contribution in [2.45, 2.75) is 13.3 Å². The molecule has 0 unspecified atom stereocenters. The fourth-order valence-corrected chi connectivity index (χ4v) is 2.29. The number of carbonyl (C=O) groups is 1. The van der Waals surface area contributed by atoms with Crippen LogP contribution in [0.15, 0.2) is 24.4 Å². The van der Waals surface area contributed by atoms with Gasteiger partial charge in [0.05, 0.1) is 21.9 Å². The van der Waals surface area contributed by atoms with E-state index < -0.39 is 5.82 Å². The highest BCUT2D eigenvalue weighted by molar-refractivity contribution is 7.13. The van der Waals surface area contributed by atoms with Gasteiger partial charge in [-0.2, -0.15) is 0 Å². The molecule has 0 saturated carbocycles. The number of thiazole rings is 1. The molecule has 2 rings (SSSR count). The molecule has 0 atom stereocenters. The number of hydrogen-bond donors (Lipinski definition) is 1. The van der Waals surface area contributed by atoms with Crippen LogP contribution in [0.25, 0.3) is 0 Å². The van der Waals surface area contributed by atoms with Gasteiger partial charge in [-0.25, -0.2) is 9.37 Å². The molecule has 1 N–H and O–H groups in total. The van der Waals surface area contributed by atoms with Crippen LogP contribution in [0.5, 0.6) is 0 Å². The van der Waals surface area contributed by atoms with Gasteiger partial charge in [0.15, 0.2) is 5.82 Å². The fourth-order valence-electron chi connectivity index (χ4n) is 1.36. The van der Waals surface area contributed by atoms with E-state index in [9.17, 15) is 9.18 Å². The second-order valence-corrected chi connectivity index (χ2v) is 5.05. The van der Waals surface area contributed by atoms with Crippen LogP contribution in [-0.2, 0) is 6.42 Å². The minimum Gasteiger partial charge on any atom is -0.319 e. The summed E-state index contributed by atoms with van der Waals surface area (Å²) in [6, 6.07) is 4.46. The number of nitrogens with one attached hydrogen (secondary N) is 1. The van der Waals surface area contributed by atoms with Gasteiger partial charge in [0.1, 0.15) is 4.88 Å². The smallest absolute Gasteiger partial charge is 0.267 e. The first-order valence-electron chi connectivity index (χ1n) is 5.32. The van der Waals surface area contributed by atoms with E-state index in [4.69, 9.17) is 11.6 Å². The van der Waals surface area contributed by atoms with E-state index in [1.807, 2.05) is 6.92 Å². The van der Waals surface area contributed by atoms with Crippen molar-refractivity contribution in [3.63, 3.8) is 0 Å². The molecule has 1 amide bonds. The lowest BCUT2D eigenvalue weighted by atomic mass is 10.3. The number of carbonyl (C=O) groups excluding carboxylic acids is 1. The van der Waals surface area contributed by atoms with Gasteiger partial charge < -0.3 is 5.32 Å². The van der Waals surface area contributed by atoms with E-state index in [1.165, 1.54) is 29.7 Å². The van der Waals surface area contributed by atoms with Gasteiger partial charge in [0.25, 0.3) is 5.91 Å². The predicted octanol–water partition coefficient (Wildman–Crippen LogP) is 3.75. The first-order valence-corrected chi connectivity index (χ1v) is 6.51. The van der Waals surface area contributed by atoms with Crippen molar-refractivity contribution in [2.24, 2.45) is 0 Å². The molecule has 94 valence electrons. The minimum atomic E-state index is -0.632. The number of nitrogens with zero attached hydrogens (tertiary/aromatic N) is 1. The number of aryl methyl sites for hydroxylation is 1. The highest BCUT2D eigenvalue weighted by Crippen LogP contribution is 2.23. The second kappa shape index (κ2) is 5.46. The molecule has 0 spiro atoms. The average Bonchev–Trinajstić information content (AvgIpc) is 2.83. The Labute approximate surface area is 113 Å². The van der Waals surface area contributed by atoms with Crippen LogP contribution in [-0.4, -0.2) is 10.9 Å². The Morgan fingerprint density at radius 1 is 1.56 bits per heavy atom. The van der Waals surface area contributed by atoms with E-state index >= 15 is 0 Å². The summed E-state index contributed by atoms with van der Waals surface area (Å²) in [6.45, 7) is 1.96. The van der Waals surface area contributed by atoms with Gasteiger partial charge in [-0.1, -0.05) is 24.6 Å². The lowest BCUT2D eigenvalue weighted by Gasteiger charge is -2.05. The summed E-state index contributed by atoms with van der Waals surface area (Å²) in [6.07, 6.45) is 2.25. The Morgan fingerprint density at radius 2 is 2.33 bits per heavy atom. The zero-order valence-corrected chi connectivity index (χ0v) is 11.1. The first kappa shape index (κ1) is 13.0. The van der Waals surface area contributed by atoms with Crippen molar-refractivity contribution in [3.05, 3.63) is 45.1 Å². The molecular formula is C12H10ClFN2OS. The van der Waals surface area contributed by atoms with Crippen molar-refractivity contribution < 1.29 is 9.18 Å². The van der Waals surface area contributed by atoms with Crippen LogP contribution < -0.4 is 5.32 Å². The third-order valence-electron chi connectivity index (χ3n) is 2.28. The number of halogens is 2. The summed E-state index contributed by atoms with van der Waals surface area (Å²) < 4.78 is 13.6. The summed E-state index contributed by atoms with van der Waals surface area (Å²) in [5, 5.41) is 3.32. The number of aromatic nitrogens is 1. The lowest BCUT2D eigenvalue weighted by Crippen LogP contribution is -2.11. The van der Waals surface area contributed by atoms with Gasteiger partial charge in [-0.15, -0.1) is 11.3 Å². The van der Waals surface area contributed by atoms with Crippen molar-refractivity contribution in [1.82, 2.24) is 4.98 Å². The van der Waals surface area contributed by atoms with Crippen LogP contribution >= 0.6 is 22.9 Å². The molecule has 1 aromatic heterocycles. The van der Waals surface area contributed by atoms with Crippen LogP contribution in [0.3, 0.4) is 0 Å². The molecule has 0 aliphatic heterocycles. The highest BCUT2D eigenvalue weighted by atomic mass is 35.5. The van der Waals surface area contributed by atoms with E-state index in [0.29, 0.717) is 4.88 Å². The standard InChI is InChI=1S/C12H10ClFN2OS/c1-2-10-15-6-9(18-10)12(17)16-8-5-3-4-7(13)11(8)14/h3-6H,2H2,1H3,(H,16,17). The fraction of sp³-hybridized carbons (Fsp3) is 0.167. The molecule has 0 aliphatic carbocycles. The van der Waals surface area contributed by atoms with E-state index in [1.54, 1.807) is 6.07 Å². The topological polar surface area (TPSA) is 42.0 Å². The summed E-state index contributed by atoms with van der Waals surface area (Å²) >= 11 is 6.93. The number of rotatable bonds is 3. The van der Waals surface area contributed by atoms with E-state index in [2.05, 4.69) is 10.3 Å². The minimum absolute atomic E-state index is 0.0219. The second-order valence-electron chi connectivity index (χ2n) is 3.53. The number of anilines is 1. The van der Waals surface area contributed by atoms with Gasteiger partial charge in [0.2, 0.25) is 0 Å². The third kappa shape index (κ3) is 2.68. The summed E-state index contributed by atoms with van der Waals surface area (Å²) in [7, 11) is 0. The molecule has 1 aromatic carbocycles. The van der Waals surface area contributed by atoms with Crippen molar-refractivity contribution in [3.8, 4) is 0 Å². The zero-order valence-electron chi connectivity index (χ0n) is 9.54. The Morgan fingerprint density at radius 3 is 3.00 bits per heavy atom. The number of benzene rings is 1. The molecule has 18 heavy (non-hydrogen) atoms. The Balaban J connectivity index is 2.18. The summed E-state index contributed by atoms with van der Waals surface area (Å²) in [5.74, 6) is -1.01. The molecule has 6 heteroatoms. The molecule has 0 radical (unpaired) electrons. The van der Waals surface area contributed by atoms with Crippen LogP contribution in [0, 0.1) is 5.82 Å². The molecular weight excluding hydrogens is 275 g/mol. The van der Waals surface area contributed by atoms with E-state index in [0.717, 1.165) is 11.4 Å². The summed E-state index contributed by atoms with van der Waals surface area (Å²) in [4.78, 5) is 16.4. The Kier molecular flexibility index (Phi) is 3.93. The van der Waals surface area contributed by atoms with Gasteiger partial charge >= 0.3 is 0 Å². The Bertz CT molecular complexity index is 585. The van der Waals surface area contributed by atoms with Crippen LogP contribution in [0.2, 0.25) is 5.02 Å². The maximum Gasteiger partial charge on any atom is 0.267 e.